The van der Waals surface area contributed by atoms with Crippen LogP contribution in [0.5, 0.6) is 0 Å². The smallest absolute Gasteiger partial charge is 0.390 e. The Balaban J connectivity index is 1.85. The minimum Gasteiger partial charge on any atom is -0.390 e. The molecule has 1 amide bonds. The maximum absolute atomic E-state index is 12.9. The minimum absolute atomic E-state index is 0.00175. The lowest BCUT2D eigenvalue weighted by Gasteiger charge is -2.37. The van der Waals surface area contributed by atoms with Gasteiger partial charge in [0.15, 0.2) is 0 Å². The number of hydrogen-bond donors (Lipinski definition) is 1. The molecule has 0 atom stereocenters. The van der Waals surface area contributed by atoms with Gasteiger partial charge in [-0.1, -0.05) is 12.1 Å². The van der Waals surface area contributed by atoms with E-state index in [-0.39, 0.29) is 35.8 Å². The monoisotopic (exact) mass is 533 g/mol. The van der Waals surface area contributed by atoms with E-state index in [4.69, 9.17) is 0 Å². The Bertz CT molecular complexity index is 1140. The van der Waals surface area contributed by atoms with Gasteiger partial charge in [0, 0.05) is 37.6 Å². The van der Waals surface area contributed by atoms with Gasteiger partial charge in [0.1, 0.15) is 12.4 Å². The van der Waals surface area contributed by atoms with E-state index < -0.39 is 47.9 Å². The predicted octanol–water partition coefficient (Wildman–Crippen LogP) is 4.82. The molecule has 0 unspecified atom stereocenters. The van der Waals surface area contributed by atoms with Crippen molar-refractivity contribution in [2.45, 2.75) is 70.4 Å². The summed E-state index contributed by atoms with van der Waals surface area (Å²) in [5.74, 6) is -0.453. The molecule has 0 aliphatic carbocycles. The molecule has 1 fully saturated rings. The Morgan fingerprint density at radius 1 is 1.05 bits per heavy atom. The van der Waals surface area contributed by atoms with Crippen LogP contribution in [0.3, 0.4) is 0 Å². The molecule has 1 aliphatic rings. The van der Waals surface area contributed by atoms with Gasteiger partial charge in [0.25, 0.3) is 5.56 Å². The number of alkyl halides is 6. The summed E-state index contributed by atoms with van der Waals surface area (Å²) in [6, 6.07) is 4.97. The molecule has 0 saturated carbocycles. The van der Waals surface area contributed by atoms with Crippen LogP contribution in [-0.4, -0.2) is 50.3 Å². The molecule has 2 heterocycles. The van der Waals surface area contributed by atoms with Crippen LogP contribution in [0.15, 0.2) is 35.1 Å². The summed E-state index contributed by atoms with van der Waals surface area (Å²) in [5.41, 5.74) is -2.28. The highest BCUT2D eigenvalue weighted by Crippen LogP contribution is 2.31. The van der Waals surface area contributed by atoms with Gasteiger partial charge >= 0.3 is 12.4 Å². The molecule has 2 aromatic rings. The predicted molar refractivity (Wildman–Crippen MR) is 124 cm³/mol. The summed E-state index contributed by atoms with van der Waals surface area (Å²) in [6.07, 6.45) is -9.60. The largest absolute Gasteiger partial charge is 0.416 e. The van der Waals surface area contributed by atoms with E-state index in [1.54, 1.807) is 13.8 Å². The number of rotatable bonds is 7. The second kappa shape index (κ2) is 10.8. The van der Waals surface area contributed by atoms with Crippen LogP contribution < -0.4 is 5.56 Å². The highest BCUT2D eigenvalue weighted by molar-refractivity contribution is 5.76. The first-order valence-corrected chi connectivity index (χ1v) is 11.9. The highest BCUT2D eigenvalue weighted by Gasteiger charge is 2.33. The zero-order valence-electron chi connectivity index (χ0n) is 20.5. The number of amides is 1. The molecular formula is C25H29F6N3O3. The van der Waals surface area contributed by atoms with Crippen LogP contribution in [-0.2, 0) is 23.9 Å². The van der Waals surface area contributed by atoms with Crippen molar-refractivity contribution in [3.63, 3.8) is 0 Å². The number of likely N-dealkylation sites (tertiary alicyclic amines) is 1. The van der Waals surface area contributed by atoms with Crippen LogP contribution in [0.4, 0.5) is 26.3 Å². The fourth-order valence-corrected chi connectivity index (χ4v) is 4.41. The van der Waals surface area contributed by atoms with Gasteiger partial charge in [-0.05, 0) is 51.2 Å². The molecule has 3 rings (SSSR count). The van der Waals surface area contributed by atoms with E-state index in [0.29, 0.717) is 25.9 Å². The van der Waals surface area contributed by atoms with Crippen molar-refractivity contribution in [2.75, 3.05) is 13.1 Å². The first-order chi connectivity index (χ1) is 17.0. The number of carbonyl (C=O) groups is 1. The van der Waals surface area contributed by atoms with Crippen molar-refractivity contribution in [1.29, 1.82) is 0 Å². The summed E-state index contributed by atoms with van der Waals surface area (Å²) < 4.78 is 77.9. The van der Waals surface area contributed by atoms with Gasteiger partial charge in [-0.3, -0.25) is 14.2 Å². The maximum atomic E-state index is 12.9. The van der Waals surface area contributed by atoms with Gasteiger partial charge in [-0.2, -0.15) is 26.3 Å². The normalized spacial score (nSPS) is 15.8. The SMILES string of the molecule is CC(C)(O)C1CCN(C(=O)Cn2c(CCCC(F)(F)F)nc(-c3ccc(C(F)(F)F)cc3)cc2=O)CC1. The first-order valence-electron chi connectivity index (χ1n) is 11.9. The van der Waals surface area contributed by atoms with Crippen LogP contribution in [0.1, 0.15) is 50.9 Å². The number of piperidine rings is 1. The molecule has 204 valence electrons. The molecule has 37 heavy (non-hydrogen) atoms. The zero-order chi connectivity index (χ0) is 27.6. The summed E-state index contributed by atoms with van der Waals surface area (Å²) >= 11 is 0. The fourth-order valence-electron chi connectivity index (χ4n) is 4.41. The Morgan fingerprint density at radius 2 is 1.65 bits per heavy atom. The molecule has 1 aromatic heterocycles. The number of aromatic nitrogens is 2. The second-order valence-corrected chi connectivity index (χ2v) is 9.83. The average molecular weight is 534 g/mol. The molecular weight excluding hydrogens is 504 g/mol. The molecule has 1 saturated heterocycles. The standard InChI is InChI=1S/C25H29F6N3O3/c1-23(2,37)17-9-12-33(13-10-17)22(36)15-34-20(4-3-11-24(26,27)28)32-19(14-21(34)35)16-5-7-18(8-6-16)25(29,30)31/h5-8,14,17,37H,3-4,9-13,15H2,1-2H3. The molecule has 12 heteroatoms. The molecule has 0 spiro atoms. The molecule has 0 radical (unpaired) electrons. The van der Waals surface area contributed by atoms with E-state index in [0.717, 1.165) is 34.9 Å². The van der Waals surface area contributed by atoms with Crippen molar-refractivity contribution in [1.82, 2.24) is 14.5 Å². The lowest BCUT2D eigenvalue weighted by atomic mass is 9.83. The van der Waals surface area contributed by atoms with Crippen molar-refractivity contribution in [2.24, 2.45) is 5.92 Å². The molecule has 1 aliphatic heterocycles. The van der Waals surface area contributed by atoms with Crippen LogP contribution in [0.2, 0.25) is 0 Å². The highest BCUT2D eigenvalue weighted by atomic mass is 19.4. The second-order valence-electron chi connectivity index (χ2n) is 9.83. The molecule has 1 aromatic carbocycles. The lowest BCUT2D eigenvalue weighted by molar-refractivity contribution is -0.137. The number of aryl methyl sites for hydroxylation is 1. The average Bonchev–Trinajstić information content (AvgIpc) is 2.79. The third-order valence-corrected chi connectivity index (χ3v) is 6.60. The van der Waals surface area contributed by atoms with Crippen molar-refractivity contribution in [3.05, 3.63) is 52.1 Å². The van der Waals surface area contributed by atoms with Gasteiger partial charge in [0.05, 0.1) is 16.9 Å². The van der Waals surface area contributed by atoms with E-state index in [1.807, 2.05) is 0 Å². The maximum Gasteiger partial charge on any atom is 0.416 e. The third-order valence-electron chi connectivity index (χ3n) is 6.60. The van der Waals surface area contributed by atoms with Crippen molar-refractivity contribution < 1.29 is 36.2 Å². The summed E-state index contributed by atoms with van der Waals surface area (Å²) in [7, 11) is 0. The molecule has 6 nitrogen and oxygen atoms in total. The summed E-state index contributed by atoms with van der Waals surface area (Å²) in [4.78, 5) is 31.7. The number of benzene rings is 1. The lowest BCUT2D eigenvalue weighted by Crippen LogP contribution is -2.46. The Kier molecular flexibility index (Phi) is 8.40. The number of halogens is 6. The zero-order valence-corrected chi connectivity index (χ0v) is 20.5. The van der Waals surface area contributed by atoms with E-state index in [2.05, 4.69) is 4.98 Å². The van der Waals surface area contributed by atoms with Crippen molar-refractivity contribution >= 4 is 5.91 Å². The van der Waals surface area contributed by atoms with Gasteiger partial charge < -0.3 is 10.0 Å². The summed E-state index contributed by atoms with van der Waals surface area (Å²) in [6.45, 7) is 3.71. The van der Waals surface area contributed by atoms with Crippen LogP contribution >= 0.6 is 0 Å². The minimum atomic E-state index is -4.56. The van der Waals surface area contributed by atoms with Crippen LogP contribution in [0.25, 0.3) is 11.3 Å². The Labute approximate surface area is 209 Å². The van der Waals surface area contributed by atoms with E-state index in [1.165, 1.54) is 4.90 Å². The summed E-state index contributed by atoms with van der Waals surface area (Å²) in [5, 5.41) is 10.2. The number of carbonyl (C=O) groups excluding carboxylic acids is 1. The number of aliphatic hydroxyl groups is 1. The molecule has 0 bridgehead atoms. The molecule has 1 N–H and O–H groups in total. The van der Waals surface area contributed by atoms with Crippen LogP contribution in [0, 0.1) is 5.92 Å². The van der Waals surface area contributed by atoms with E-state index >= 15 is 0 Å². The fraction of sp³-hybridized carbons (Fsp3) is 0.560. The quantitative estimate of drug-likeness (QED) is 0.518. The first kappa shape index (κ1) is 28.7. The third kappa shape index (κ3) is 7.80. The van der Waals surface area contributed by atoms with Gasteiger partial charge in [0.2, 0.25) is 5.91 Å². The van der Waals surface area contributed by atoms with Crippen molar-refractivity contribution in [3.8, 4) is 11.3 Å². The topological polar surface area (TPSA) is 75.4 Å². The van der Waals surface area contributed by atoms with E-state index in [9.17, 15) is 41.0 Å². The Morgan fingerprint density at radius 3 is 2.16 bits per heavy atom. The van der Waals surface area contributed by atoms with Gasteiger partial charge in [-0.15, -0.1) is 0 Å². The number of hydrogen-bond acceptors (Lipinski definition) is 4. The van der Waals surface area contributed by atoms with Gasteiger partial charge in [-0.25, -0.2) is 4.98 Å². The number of nitrogens with zero attached hydrogens (tertiary/aromatic N) is 3. The Hall–Kier alpha value is -2.89.